The predicted octanol–water partition coefficient (Wildman–Crippen LogP) is 8.04. The van der Waals surface area contributed by atoms with Crippen LogP contribution in [-0.4, -0.2) is 17.1 Å². The van der Waals surface area contributed by atoms with Crippen molar-refractivity contribution in [1.82, 2.24) is 10.3 Å². The zero-order valence-corrected chi connectivity index (χ0v) is 22.1. The molecule has 0 aliphatic heterocycles. The summed E-state index contributed by atoms with van der Waals surface area (Å²) in [6.45, 7) is 10.5. The maximum Gasteiger partial charge on any atom is 0.139 e. The van der Waals surface area contributed by atoms with Crippen LogP contribution in [0.1, 0.15) is 95.2 Å². The summed E-state index contributed by atoms with van der Waals surface area (Å²) >= 11 is 3.60. The van der Waals surface area contributed by atoms with E-state index in [4.69, 9.17) is 4.98 Å². The van der Waals surface area contributed by atoms with Gasteiger partial charge in [-0.05, 0) is 70.5 Å². The van der Waals surface area contributed by atoms with Crippen molar-refractivity contribution in [2.45, 2.75) is 84.8 Å². The molecule has 1 heterocycles. The van der Waals surface area contributed by atoms with E-state index in [1.807, 2.05) is 24.9 Å². The Balaban J connectivity index is 2.00. The normalized spacial score (nSPS) is 18.4. The first kappa shape index (κ1) is 25.2. The van der Waals surface area contributed by atoms with E-state index in [2.05, 4.69) is 57.3 Å². The van der Waals surface area contributed by atoms with E-state index in [0.29, 0.717) is 5.92 Å². The third kappa shape index (κ3) is 5.74. The fraction of sp³-hybridized carbons (Fsp3) is 0.519. The van der Waals surface area contributed by atoms with E-state index in [1.54, 1.807) is 18.4 Å². The fourth-order valence-corrected chi connectivity index (χ4v) is 6.32. The molecule has 1 aliphatic rings. The molecule has 174 valence electrons. The van der Waals surface area contributed by atoms with Crippen molar-refractivity contribution in [2.75, 3.05) is 7.05 Å². The summed E-state index contributed by atoms with van der Waals surface area (Å²) in [5, 5.41) is 15.6. The molecule has 0 spiro atoms. The van der Waals surface area contributed by atoms with Gasteiger partial charge in [-0.25, -0.2) is 4.98 Å². The molecule has 2 aromatic rings. The van der Waals surface area contributed by atoms with E-state index >= 15 is 0 Å². The van der Waals surface area contributed by atoms with Crippen LogP contribution in [-0.2, 0) is 5.72 Å². The number of nitrogens with one attached hydrogen (secondary N) is 1. The molecule has 1 saturated carbocycles. The van der Waals surface area contributed by atoms with Crippen LogP contribution in [0.2, 0.25) is 0 Å². The van der Waals surface area contributed by atoms with E-state index in [1.165, 1.54) is 52.5 Å². The molecule has 1 aromatic heterocycles. The molecule has 3 rings (SSSR count). The fourth-order valence-electron chi connectivity index (χ4n) is 4.19. The average molecular weight is 471 g/mol. The number of allylic oxidation sites excluding steroid dienone is 3. The van der Waals surface area contributed by atoms with Crippen LogP contribution in [0.5, 0.6) is 0 Å². The molecule has 0 radical (unpaired) electrons. The van der Waals surface area contributed by atoms with Crippen LogP contribution < -0.4 is 5.32 Å². The lowest BCUT2D eigenvalue weighted by Crippen LogP contribution is -2.36. The van der Waals surface area contributed by atoms with Crippen molar-refractivity contribution in [2.24, 2.45) is 0 Å². The molecule has 0 saturated heterocycles. The SMILES string of the molecule is C/C=C(\SC(C)=C(C)CC)c1ccc(-c2cnc(C3CCCCC3)s2)c(C(C)(O)NC)c1. The number of nitrogens with zero attached hydrogens (tertiary/aromatic N) is 1. The molecule has 1 unspecified atom stereocenters. The molecule has 1 atom stereocenters. The minimum Gasteiger partial charge on any atom is -0.372 e. The number of hydrogen-bond acceptors (Lipinski definition) is 5. The molecule has 32 heavy (non-hydrogen) atoms. The molecular formula is C27H38N2OS2. The number of rotatable bonds is 8. The summed E-state index contributed by atoms with van der Waals surface area (Å²) in [6, 6.07) is 6.48. The second kappa shape index (κ2) is 11.1. The highest BCUT2D eigenvalue weighted by atomic mass is 32.2. The molecular weight excluding hydrogens is 432 g/mol. The first-order valence-corrected chi connectivity index (χ1v) is 13.5. The maximum absolute atomic E-state index is 11.2. The van der Waals surface area contributed by atoms with Crippen LogP contribution in [0.3, 0.4) is 0 Å². The van der Waals surface area contributed by atoms with Gasteiger partial charge in [0.1, 0.15) is 5.72 Å². The average Bonchev–Trinajstić information content (AvgIpc) is 3.32. The van der Waals surface area contributed by atoms with Crippen LogP contribution in [0.25, 0.3) is 15.3 Å². The maximum atomic E-state index is 11.2. The van der Waals surface area contributed by atoms with Gasteiger partial charge in [0.2, 0.25) is 0 Å². The Morgan fingerprint density at radius 1 is 1.28 bits per heavy atom. The standard InChI is InChI=1S/C27H38N2OS2/c1-7-18(3)19(4)31-24(8-2)21-14-15-22(23(16-21)27(5,30)28-6)25-17-29-26(32-25)20-12-10-9-11-13-20/h8,14-17,20,28,30H,7,9-13H2,1-6H3/b19-18?,24-8-. The number of thiazole rings is 1. The summed E-state index contributed by atoms with van der Waals surface area (Å²) in [6.07, 6.45) is 11.7. The highest BCUT2D eigenvalue weighted by Gasteiger charge is 2.27. The summed E-state index contributed by atoms with van der Waals surface area (Å²) in [5.74, 6) is 0.595. The van der Waals surface area contributed by atoms with Gasteiger partial charge in [0.05, 0.1) is 9.88 Å². The van der Waals surface area contributed by atoms with Crippen molar-refractivity contribution >= 4 is 28.0 Å². The second-order valence-corrected chi connectivity index (χ2v) is 11.2. The van der Waals surface area contributed by atoms with Crippen molar-refractivity contribution in [3.05, 3.63) is 57.1 Å². The van der Waals surface area contributed by atoms with Crippen molar-refractivity contribution in [3.8, 4) is 10.4 Å². The Hall–Kier alpha value is -1.40. The van der Waals surface area contributed by atoms with Gasteiger partial charge in [-0.1, -0.05) is 61.7 Å². The highest BCUT2D eigenvalue weighted by Crippen LogP contribution is 2.42. The zero-order chi connectivity index (χ0) is 23.3. The Labute approximate surface area is 202 Å². The summed E-state index contributed by atoms with van der Waals surface area (Å²) in [5.41, 5.74) is 3.37. The number of thioether (sulfide) groups is 1. The lowest BCUT2D eigenvalue weighted by Gasteiger charge is -2.26. The second-order valence-electron chi connectivity index (χ2n) is 8.93. The van der Waals surface area contributed by atoms with Crippen LogP contribution in [0, 0.1) is 0 Å². The quantitative estimate of drug-likeness (QED) is 0.383. The molecule has 1 fully saturated rings. The Morgan fingerprint density at radius 3 is 2.62 bits per heavy atom. The van der Waals surface area contributed by atoms with E-state index in [-0.39, 0.29) is 0 Å². The zero-order valence-electron chi connectivity index (χ0n) is 20.4. The molecule has 0 amide bonds. The third-order valence-corrected chi connectivity index (χ3v) is 9.25. The molecule has 2 N–H and O–H groups in total. The lowest BCUT2D eigenvalue weighted by molar-refractivity contribution is 0.0288. The molecule has 1 aromatic carbocycles. The topological polar surface area (TPSA) is 45.2 Å². The predicted molar refractivity (Wildman–Crippen MR) is 142 cm³/mol. The first-order chi connectivity index (χ1) is 15.3. The number of benzene rings is 1. The van der Waals surface area contributed by atoms with Crippen LogP contribution in [0.15, 0.2) is 41.0 Å². The number of hydrogen-bond donors (Lipinski definition) is 2. The van der Waals surface area contributed by atoms with Crippen molar-refractivity contribution in [3.63, 3.8) is 0 Å². The van der Waals surface area contributed by atoms with Gasteiger partial charge < -0.3 is 5.11 Å². The van der Waals surface area contributed by atoms with Crippen LogP contribution in [0.4, 0.5) is 0 Å². The summed E-state index contributed by atoms with van der Waals surface area (Å²) < 4.78 is 0. The summed E-state index contributed by atoms with van der Waals surface area (Å²) in [7, 11) is 1.80. The third-order valence-electron chi connectivity index (χ3n) is 6.72. The monoisotopic (exact) mass is 470 g/mol. The van der Waals surface area contributed by atoms with Gasteiger partial charge >= 0.3 is 0 Å². The smallest absolute Gasteiger partial charge is 0.139 e. The molecule has 0 bridgehead atoms. The van der Waals surface area contributed by atoms with E-state index < -0.39 is 5.72 Å². The van der Waals surface area contributed by atoms with E-state index in [0.717, 1.165) is 28.0 Å². The Kier molecular flexibility index (Phi) is 8.79. The summed E-state index contributed by atoms with van der Waals surface area (Å²) in [4.78, 5) is 8.49. The van der Waals surface area contributed by atoms with E-state index in [9.17, 15) is 5.11 Å². The molecule has 5 heteroatoms. The van der Waals surface area contributed by atoms with Crippen LogP contribution >= 0.6 is 23.1 Å². The highest BCUT2D eigenvalue weighted by molar-refractivity contribution is 8.11. The van der Waals surface area contributed by atoms with Gasteiger partial charge in [-0.2, -0.15) is 0 Å². The van der Waals surface area contributed by atoms with Crippen molar-refractivity contribution in [1.29, 1.82) is 0 Å². The largest absolute Gasteiger partial charge is 0.372 e. The first-order valence-electron chi connectivity index (χ1n) is 11.8. The Morgan fingerprint density at radius 2 is 2.00 bits per heavy atom. The van der Waals surface area contributed by atoms with Crippen molar-refractivity contribution < 1.29 is 5.11 Å². The van der Waals surface area contributed by atoms with Gasteiger partial charge in [0.25, 0.3) is 0 Å². The molecule has 3 nitrogen and oxygen atoms in total. The Bertz CT molecular complexity index is 981. The molecule has 1 aliphatic carbocycles. The number of aliphatic hydroxyl groups is 1. The van der Waals surface area contributed by atoms with Gasteiger partial charge in [0.15, 0.2) is 0 Å². The lowest BCUT2D eigenvalue weighted by atomic mass is 9.90. The van der Waals surface area contributed by atoms with Gasteiger partial charge in [-0.3, -0.25) is 5.32 Å². The minimum atomic E-state index is -1.13. The van der Waals surface area contributed by atoms with Gasteiger partial charge in [-0.15, -0.1) is 11.3 Å². The number of aromatic nitrogens is 1. The van der Waals surface area contributed by atoms with Gasteiger partial charge in [0, 0.05) is 28.1 Å². The minimum absolute atomic E-state index is 0.595.